The molecule has 0 fully saturated rings. The molecule has 0 heterocycles. The minimum atomic E-state index is -0.303. The van der Waals surface area contributed by atoms with Crippen molar-refractivity contribution in [3.63, 3.8) is 0 Å². The van der Waals surface area contributed by atoms with Gasteiger partial charge in [-0.15, -0.1) is 0 Å². The molecule has 0 aliphatic rings. The van der Waals surface area contributed by atoms with Crippen LogP contribution < -0.4 is 0 Å². The highest BCUT2D eigenvalue weighted by Gasteiger charge is 2.13. The number of carbonyl (C=O) groups is 1. The zero-order valence-electron chi connectivity index (χ0n) is 9.00. The van der Waals surface area contributed by atoms with Gasteiger partial charge < -0.3 is 4.74 Å². The molecule has 1 rings (SSSR count). The van der Waals surface area contributed by atoms with Gasteiger partial charge in [-0.05, 0) is 37.1 Å². The predicted octanol–water partition coefficient (Wildman–Crippen LogP) is 3.33. The van der Waals surface area contributed by atoms with Crippen LogP contribution in [0.3, 0.4) is 0 Å². The van der Waals surface area contributed by atoms with Crippen LogP contribution in [0.4, 0.5) is 0 Å². The molecule has 0 saturated carbocycles. The molecule has 0 radical (unpaired) electrons. The fourth-order valence-corrected chi connectivity index (χ4v) is 1.90. The molecule has 3 heteroatoms. The second-order valence-corrected chi connectivity index (χ2v) is 4.07. The van der Waals surface area contributed by atoms with Crippen LogP contribution in [0.25, 0.3) is 5.57 Å². The molecular weight excluding hydrogens is 256 g/mol. The van der Waals surface area contributed by atoms with Gasteiger partial charge in [0.15, 0.2) is 0 Å². The van der Waals surface area contributed by atoms with Crippen molar-refractivity contribution in [1.82, 2.24) is 0 Å². The molecule has 0 amide bonds. The Morgan fingerprint density at radius 1 is 1.47 bits per heavy atom. The van der Waals surface area contributed by atoms with E-state index in [1.165, 1.54) is 7.11 Å². The lowest BCUT2D eigenvalue weighted by molar-refractivity contribution is -0.133. The lowest BCUT2D eigenvalue weighted by Gasteiger charge is -2.08. The standard InChI is InChI=1S/C12H13BrO2/c1-4-10(12(14)15-3)11-6-5-9(13)7-8(11)2/h4-7H,1-3H3/b10-4+. The van der Waals surface area contributed by atoms with Crippen molar-refractivity contribution < 1.29 is 9.53 Å². The average Bonchev–Trinajstić information content (AvgIpc) is 2.21. The van der Waals surface area contributed by atoms with Crippen molar-refractivity contribution in [3.05, 3.63) is 39.9 Å². The zero-order valence-corrected chi connectivity index (χ0v) is 10.6. The van der Waals surface area contributed by atoms with Crippen LogP contribution in [0.5, 0.6) is 0 Å². The quantitative estimate of drug-likeness (QED) is 0.608. The molecular formula is C12H13BrO2. The van der Waals surface area contributed by atoms with E-state index in [1.54, 1.807) is 6.08 Å². The number of ether oxygens (including phenoxy) is 1. The molecule has 0 aliphatic heterocycles. The summed E-state index contributed by atoms with van der Waals surface area (Å²) in [5.41, 5.74) is 2.55. The number of allylic oxidation sites excluding steroid dienone is 1. The smallest absolute Gasteiger partial charge is 0.338 e. The molecule has 2 nitrogen and oxygen atoms in total. The first kappa shape index (κ1) is 12.0. The van der Waals surface area contributed by atoms with Crippen molar-refractivity contribution in [2.24, 2.45) is 0 Å². The second kappa shape index (κ2) is 5.12. The molecule has 15 heavy (non-hydrogen) atoms. The van der Waals surface area contributed by atoms with E-state index >= 15 is 0 Å². The van der Waals surface area contributed by atoms with Crippen LogP contribution in [0, 0.1) is 6.92 Å². The Balaban J connectivity index is 3.20. The van der Waals surface area contributed by atoms with Gasteiger partial charge >= 0.3 is 5.97 Å². The maximum Gasteiger partial charge on any atom is 0.338 e. The first-order valence-corrected chi connectivity index (χ1v) is 5.40. The molecule has 1 aromatic carbocycles. The molecule has 1 aromatic rings. The monoisotopic (exact) mass is 268 g/mol. The summed E-state index contributed by atoms with van der Waals surface area (Å²) in [4.78, 5) is 11.5. The summed E-state index contributed by atoms with van der Waals surface area (Å²) in [6.45, 7) is 3.79. The average molecular weight is 269 g/mol. The van der Waals surface area contributed by atoms with Crippen molar-refractivity contribution in [1.29, 1.82) is 0 Å². The highest BCUT2D eigenvalue weighted by Crippen LogP contribution is 2.23. The maximum atomic E-state index is 11.5. The molecule has 0 bridgehead atoms. The van der Waals surface area contributed by atoms with E-state index < -0.39 is 0 Å². The molecule has 0 spiro atoms. The van der Waals surface area contributed by atoms with E-state index in [9.17, 15) is 4.79 Å². The molecule has 0 aromatic heterocycles. The van der Waals surface area contributed by atoms with Crippen LogP contribution in [-0.4, -0.2) is 13.1 Å². The number of carbonyl (C=O) groups excluding carboxylic acids is 1. The molecule has 0 unspecified atom stereocenters. The van der Waals surface area contributed by atoms with E-state index in [0.29, 0.717) is 5.57 Å². The lowest BCUT2D eigenvalue weighted by Crippen LogP contribution is -2.04. The number of hydrogen-bond donors (Lipinski definition) is 0. The summed E-state index contributed by atoms with van der Waals surface area (Å²) < 4.78 is 5.73. The predicted molar refractivity (Wildman–Crippen MR) is 64.5 cm³/mol. The highest BCUT2D eigenvalue weighted by molar-refractivity contribution is 9.10. The van der Waals surface area contributed by atoms with Gasteiger partial charge in [-0.3, -0.25) is 0 Å². The SMILES string of the molecule is C/C=C(/C(=O)OC)c1ccc(Br)cc1C. The number of rotatable bonds is 2. The Hall–Kier alpha value is -1.09. The summed E-state index contributed by atoms with van der Waals surface area (Å²) in [7, 11) is 1.39. The Labute approximate surface area is 98.1 Å². The van der Waals surface area contributed by atoms with Gasteiger partial charge in [0.25, 0.3) is 0 Å². The van der Waals surface area contributed by atoms with E-state index in [1.807, 2.05) is 32.0 Å². The number of methoxy groups -OCH3 is 1. The third-order valence-corrected chi connectivity index (χ3v) is 2.67. The summed E-state index contributed by atoms with van der Waals surface area (Å²) in [6.07, 6.45) is 1.77. The van der Waals surface area contributed by atoms with Gasteiger partial charge in [-0.25, -0.2) is 4.79 Å². The van der Waals surface area contributed by atoms with Crippen LogP contribution in [-0.2, 0) is 9.53 Å². The number of benzene rings is 1. The fourth-order valence-electron chi connectivity index (χ4n) is 1.42. The van der Waals surface area contributed by atoms with Crippen LogP contribution >= 0.6 is 15.9 Å². The van der Waals surface area contributed by atoms with E-state index in [4.69, 9.17) is 4.74 Å². The lowest BCUT2D eigenvalue weighted by atomic mass is 10.0. The molecule has 0 N–H and O–H groups in total. The van der Waals surface area contributed by atoms with Gasteiger partial charge in [0, 0.05) is 4.47 Å². The minimum Gasteiger partial charge on any atom is -0.465 e. The summed E-state index contributed by atoms with van der Waals surface area (Å²) >= 11 is 3.39. The molecule has 0 aliphatic carbocycles. The zero-order chi connectivity index (χ0) is 11.4. The van der Waals surface area contributed by atoms with E-state index in [2.05, 4.69) is 15.9 Å². The fraction of sp³-hybridized carbons (Fsp3) is 0.250. The topological polar surface area (TPSA) is 26.3 Å². The van der Waals surface area contributed by atoms with Crippen LogP contribution in [0.1, 0.15) is 18.1 Å². The van der Waals surface area contributed by atoms with Gasteiger partial charge in [0.2, 0.25) is 0 Å². The Morgan fingerprint density at radius 3 is 2.60 bits per heavy atom. The summed E-state index contributed by atoms with van der Waals surface area (Å²) in [5, 5.41) is 0. The van der Waals surface area contributed by atoms with E-state index in [0.717, 1.165) is 15.6 Å². The normalized spacial score (nSPS) is 11.3. The third kappa shape index (κ3) is 2.69. The van der Waals surface area contributed by atoms with Crippen molar-refractivity contribution in [3.8, 4) is 0 Å². The van der Waals surface area contributed by atoms with E-state index in [-0.39, 0.29) is 5.97 Å². The van der Waals surface area contributed by atoms with Crippen LogP contribution in [0.15, 0.2) is 28.7 Å². The second-order valence-electron chi connectivity index (χ2n) is 3.15. The number of hydrogen-bond acceptors (Lipinski definition) is 2. The Kier molecular flexibility index (Phi) is 4.09. The molecule has 80 valence electrons. The number of halogens is 1. The summed E-state index contributed by atoms with van der Waals surface area (Å²) in [6, 6.07) is 5.79. The van der Waals surface area contributed by atoms with Gasteiger partial charge in [0.05, 0.1) is 12.7 Å². The largest absolute Gasteiger partial charge is 0.465 e. The molecule has 0 atom stereocenters. The number of aryl methyl sites for hydroxylation is 1. The first-order chi connectivity index (χ1) is 7.10. The van der Waals surface area contributed by atoms with Crippen molar-refractivity contribution in [2.45, 2.75) is 13.8 Å². The van der Waals surface area contributed by atoms with Crippen LogP contribution in [0.2, 0.25) is 0 Å². The Bertz CT molecular complexity index is 408. The third-order valence-electron chi connectivity index (χ3n) is 2.17. The highest BCUT2D eigenvalue weighted by atomic mass is 79.9. The first-order valence-electron chi connectivity index (χ1n) is 4.61. The van der Waals surface area contributed by atoms with Gasteiger partial charge in [0.1, 0.15) is 0 Å². The van der Waals surface area contributed by atoms with Gasteiger partial charge in [-0.2, -0.15) is 0 Å². The van der Waals surface area contributed by atoms with Crippen molar-refractivity contribution >= 4 is 27.5 Å². The molecule has 0 saturated heterocycles. The van der Waals surface area contributed by atoms with Gasteiger partial charge in [-0.1, -0.05) is 28.1 Å². The minimum absolute atomic E-state index is 0.303. The van der Waals surface area contributed by atoms with Crippen molar-refractivity contribution in [2.75, 3.05) is 7.11 Å². The maximum absolute atomic E-state index is 11.5. The number of esters is 1. The summed E-state index contributed by atoms with van der Waals surface area (Å²) in [5.74, 6) is -0.303. The Morgan fingerprint density at radius 2 is 2.13 bits per heavy atom.